The second kappa shape index (κ2) is 6.51. The molecule has 1 aromatic heterocycles. The van der Waals surface area contributed by atoms with Crippen molar-refractivity contribution in [2.24, 2.45) is 5.73 Å². The minimum absolute atomic E-state index is 0.0122. The topological polar surface area (TPSA) is 90.3 Å². The molecular weight excluding hydrogens is 260 g/mol. The average molecular weight is 280 g/mol. The first-order valence-corrected chi connectivity index (χ1v) is 6.91. The summed E-state index contributed by atoms with van der Waals surface area (Å²) in [6.07, 6.45) is 3.96. The number of carbonyl (C=O) groups excluding carboxylic acids is 1. The number of amides is 1. The molecule has 1 amide bonds. The Bertz CT molecular complexity index is 584. The molecule has 1 aliphatic heterocycles. The van der Waals surface area contributed by atoms with Crippen LogP contribution in [0.1, 0.15) is 19.3 Å². The maximum atomic E-state index is 12.2. The first-order valence-electron chi connectivity index (χ1n) is 6.91. The molecule has 1 saturated heterocycles. The van der Waals surface area contributed by atoms with Crippen LogP contribution >= 0.6 is 0 Å². The molecule has 0 radical (unpaired) electrons. The SMILES string of the molecule is NCCCn1c(=O)ccn(CC(=O)N2CCCC2)c1=O. The van der Waals surface area contributed by atoms with Crippen molar-refractivity contribution in [2.75, 3.05) is 19.6 Å². The summed E-state index contributed by atoms with van der Waals surface area (Å²) in [5.74, 6) is -0.0753. The smallest absolute Gasteiger partial charge is 0.331 e. The fourth-order valence-corrected chi connectivity index (χ4v) is 2.34. The molecule has 2 N–H and O–H groups in total. The molecule has 1 aliphatic rings. The Labute approximate surface area is 116 Å². The molecule has 7 nitrogen and oxygen atoms in total. The van der Waals surface area contributed by atoms with Gasteiger partial charge in [0.1, 0.15) is 6.54 Å². The second-order valence-corrected chi connectivity index (χ2v) is 4.95. The lowest BCUT2D eigenvalue weighted by atomic mass is 10.4. The Morgan fingerprint density at radius 1 is 1.25 bits per heavy atom. The zero-order chi connectivity index (χ0) is 14.5. The number of hydrogen-bond donors (Lipinski definition) is 1. The number of likely N-dealkylation sites (tertiary alicyclic amines) is 1. The largest absolute Gasteiger partial charge is 0.341 e. The van der Waals surface area contributed by atoms with Gasteiger partial charge >= 0.3 is 5.69 Å². The summed E-state index contributed by atoms with van der Waals surface area (Å²) in [4.78, 5) is 37.6. The fourth-order valence-electron chi connectivity index (χ4n) is 2.34. The Hall–Kier alpha value is -1.89. The minimum Gasteiger partial charge on any atom is -0.341 e. The fraction of sp³-hybridized carbons (Fsp3) is 0.615. The number of hydrogen-bond acceptors (Lipinski definition) is 4. The Morgan fingerprint density at radius 3 is 2.60 bits per heavy atom. The summed E-state index contributed by atoms with van der Waals surface area (Å²) >= 11 is 0. The van der Waals surface area contributed by atoms with Gasteiger partial charge in [0.15, 0.2) is 0 Å². The zero-order valence-corrected chi connectivity index (χ0v) is 11.5. The molecule has 2 heterocycles. The maximum Gasteiger partial charge on any atom is 0.331 e. The van der Waals surface area contributed by atoms with E-state index in [0.29, 0.717) is 13.0 Å². The molecular formula is C13H20N4O3. The number of aromatic nitrogens is 2. The summed E-state index contributed by atoms with van der Waals surface area (Å²) in [5.41, 5.74) is 4.59. The van der Waals surface area contributed by atoms with Crippen molar-refractivity contribution in [3.05, 3.63) is 33.1 Å². The number of nitrogens with zero attached hydrogens (tertiary/aromatic N) is 3. The monoisotopic (exact) mass is 280 g/mol. The van der Waals surface area contributed by atoms with Crippen LogP contribution in [-0.4, -0.2) is 39.6 Å². The van der Waals surface area contributed by atoms with Crippen LogP contribution in [0.25, 0.3) is 0 Å². The maximum absolute atomic E-state index is 12.2. The number of nitrogens with two attached hydrogens (primary N) is 1. The number of carbonyl (C=O) groups is 1. The molecule has 110 valence electrons. The molecule has 20 heavy (non-hydrogen) atoms. The van der Waals surface area contributed by atoms with Crippen LogP contribution in [0.3, 0.4) is 0 Å². The van der Waals surface area contributed by atoms with E-state index in [9.17, 15) is 14.4 Å². The van der Waals surface area contributed by atoms with Gasteiger partial charge in [-0.05, 0) is 25.8 Å². The predicted octanol–water partition coefficient (Wildman–Crippen LogP) is -1.02. The van der Waals surface area contributed by atoms with Crippen LogP contribution in [0, 0.1) is 0 Å². The third-order valence-corrected chi connectivity index (χ3v) is 3.49. The lowest BCUT2D eigenvalue weighted by Gasteiger charge is -2.16. The molecule has 0 unspecified atom stereocenters. The normalized spacial score (nSPS) is 14.8. The Morgan fingerprint density at radius 2 is 1.95 bits per heavy atom. The van der Waals surface area contributed by atoms with E-state index in [0.717, 1.165) is 30.5 Å². The Kier molecular flexibility index (Phi) is 4.73. The molecule has 0 aromatic carbocycles. The van der Waals surface area contributed by atoms with Crippen molar-refractivity contribution < 1.29 is 4.79 Å². The van der Waals surface area contributed by atoms with E-state index >= 15 is 0 Å². The number of rotatable bonds is 5. The highest BCUT2D eigenvalue weighted by Crippen LogP contribution is 2.07. The van der Waals surface area contributed by atoms with Gasteiger partial charge in [0.25, 0.3) is 5.56 Å². The zero-order valence-electron chi connectivity index (χ0n) is 11.5. The van der Waals surface area contributed by atoms with E-state index in [1.165, 1.54) is 16.8 Å². The lowest BCUT2D eigenvalue weighted by molar-refractivity contribution is -0.130. The van der Waals surface area contributed by atoms with Crippen molar-refractivity contribution in [3.8, 4) is 0 Å². The third kappa shape index (κ3) is 3.16. The molecule has 1 fully saturated rings. The molecule has 0 atom stereocenters. The highest BCUT2D eigenvalue weighted by molar-refractivity contribution is 5.76. The lowest BCUT2D eigenvalue weighted by Crippen LogP contribution is -2.42. The standard InChI is InChI=1S/C13H20N4O3/c14-5-3-8-17-11(18)4-9-16(13(17)20)10-12(19)15-6-1-2-7-15/h4,9H,1-3,5-8,10,14H2. The van der Waals surface area contributed by atoms with Crippen LogP contribution in [0.4, 0.5) is 0 Å². The van der Waals surface area contributed by atoms with Crippen LogP contribution in [-0.2, 0) is 17.9 Å². The van der Waals surface area contributed by atoms with E-state index < -0.39 is 5.69 Å². The molecule has 2 rings (SSSR count). The van der Waals surface area contributed by atoms with E-state index in [1.54, 1.807) is 4.90 Å². The molecule has 0 bridgehead atoms. The van der Waals surface area contributed by atoms with Crippen molar-refractivity contribution >= 4 is 5.91 Å². The van der Waals surface area contributed by atoms with Gasteiger partial charge in [0.2, 0.25) is 5.91 Å². The van der Waals surface area contributed by atoms with Gasteiger partial charge in [-0.15, -0.1) is 0 Å². The summed E-state index contributed by atoms with van der Waals surface area (Å²) in [7, 11) is 0. The van der Waals surface area contributed by atoms with Crippen LogP contribution < -0.4 is 17.0 Å². The van der Waals surface area contributed by atoms with Crippen LogP contribution in [0.2, 0.25) is 0 Å². The van der Waals surface area contributed by atoms with Crippen LogP contribution in [0.15, 0.2) is 21.9 Å². The highest BCUT2D eigenvalue weighted by atomic mass is 16.2. The second-order valence-electron chi connectivity index (χ2n) is 4.95. The quantitative estimate of drug-likeness (QED) is 0.747. The van der Waals surface area contributed by atoms with Crippen LogP contribution in [0.5, 0.6) is 0 Å². The first kappa shape index (κ1) is 14.5. The summed E-state index contributed by atoms with van der Waals surface area (Å²) in [5, 5.41) is 0. The summed E-state index contributed by atoms with van der Waals surface area (Å²) < 4.78 is 2.42. The average Bonchev–Trinajstić information content (AvgIpc) is 2.96. The molecule has 1 aromatic rings. The molecule has 7 heteroatoms. The van der Waals surface area contributed by atoms with Gasteiger partial charge in [-0.25, -0.2) is 4.79 Å². The van der Waals surface area contributed by atoms with E-state index in [1.807, 2.05) is 0 Å². The molecule has 0 aliphatic carbocycles. The molecule has 0 spiro atoms. The van der Waals surface area contributed by atoms with E-state index in [2.05, 4.69) is 0 Å². The predicted molar refractivity (Wildman–Crippen MR) is 74.4 cm³/mol. The summed E-state index contributed by atoms with van der Waals surface area (Å²) in [6.45, 7) is 2.18. The van der Waals surface area contributed by atoms with E-state index in [-0.39, 0.29) is 24.6 Å². The van der Waals surface area contributed by atoms with Gasteiger partial charge in [-0.1, -0.05) is 0 Å². The highest BCUT2D eigenvalue weighted by Gasteiger charge is 2.18. The minimum atomic E-state index is -0.446. The third-order valence-electron chi connectivity index (χ3n) is 3.49. The van der Waals surface area contributed by atoms with Gasteiger partial charge in [0, 0.05) is 31.9 Å². The van der Waals surface area contributed by atoms with Crippen molar-refractivity contribution in [1.29, 1.82) is 0 Å². The van der Waals surface area contributed by atoms with E-state index in [4.69, 9.17) is 5.73 Å². The Balaban J connectivity index is 2.17. The van der Waals surface area contributed by atoms with Gasteiger partial charge < -0.3 is 10.6 Å². The van der Waals surface area contributed by atoms with Crippen molar-refractivity contribution in [3.63, 3.8) is 0 Å². The van der Waals surface area contributed by atoms with Gasteiger partial charge in [0.05, 0.1) is 0 Å². The first-order chi connectivity index (χ1) is 9.63. The van der Waals surface area contributed by atoms with Gasteiger partial charge in [-0.3, -0.25) is 18.7 Å². The van der Waals surface area contributed by atoms with Gasteiger partial charge in [-0.2, -0.15) is 0 Å². The van der Waals surface area contributed by atoms with Crippen molar-refractivity contribution in [1.82, 2.24) is 14.0 Å². The van der Waals surface area contributed by atoms with Crippen molar-refractivity contribution in [2.45, 2.75) is 32.4 Å². The molecule has 0 saturated carbocycles. The summed E-state index contributed by atoms with van der Waals surface area (Å²) in [6, 6.07) is 1.31.